The maximum atomic E-state index is 12.3. The van der Waals surface area contributed by atoms with Crippen molar-refractivity contribution in [1.29, 1.82) is 0 Å². The van der Waals surface area contributed by atoms with Gasteiger partial charge in [-0.15, -0.1) is 17.0 Å². The Kier molecular flexibility index (Phi) is 16.2. The maximum Gasteiger partial charge on any atom is 0.311 e. The zero-order valence-electron chi connectivity index (χ0n) is 23.3. The number of hydrogen-bond acceptors (Lipinski definition) is 6. The molecule has 0 saturated carbocycles. The lowest BCUT2D eigenvalue weighted by Gasteiger charge is -2.14. The van der Waals surface area contributed by atoms with Crippen LogP contribution >= 0.6 is 17.0 Å². The molecule has 8 heteroatoms. The van der Waals surface area contributed by atoms with Gasteiger partial charge in [0.25, 0.3) is 0 Å². The Balaban J connectivity index is 0.000000977. The van der Waals surface area contributed by atoms with Crippen LogP contribution in [0.4, 0.5) is 0 Å². The summed E-state index contributed by atoms with van der Waals surface area (Å²) >= 11 is 0. The molecule has 212 valence electrons. The summed E-state index contributed by atoms with van der Waals surface area (Å²) < 4.78 is 16.6. The normalized spacial score (nSPS) is 10.4. The SMILES string of the molecule is Br.CCCC(=O)O.CCCCCCCC(=O)Oc1c(OC)cc(C=Cc2ccnc3ccccc23)cc1OC. The van der Waals surface area contributed by atoms with Gasteiger partial charge in [0.05, 0.1) is 19.7 Å². The van der Waals surface area contributed by atoms with Crippen molar-refractivity contribution in [3.05, 3.63) is 59.8 Å². The molecule has 3 aromatic rings. The molecule has 0 radical (unpaired) electrons. The average Bonchev–Trinajstić information content (AvgIpc) is 2.92. The standard InChI is InChI=1S/C27H31NO4.C4H8O2.BrH/c1-4-5-6-7-8-13-26(29)32-27-24(30-2)18-20(19-25(27)31-3)14-15-21-16-17-28-23-12-10-9-11-22(21)23;1-2-3-4(5)6;/h9-12,14-19H,4-8,13H2,1-3H3;2-3H2,1H3,(H,5,6);1H. The molecule has 2 aromatic carbocycles. The molecule has 0 spiro atoms. The molecule has 0 aliphatic rings. The van der Waals surface area contributed by atoms with Gasteiger partial charge in [-0.3, -0.25) is 14.6 Å². The molecule has 0 unspecified atom stereocenters. The second kappa shape index (κ2) is 18.8. The summed E-state index contributed by atoms with van der Waals surface area (Å²) in [6.07, 6.45) is 12.6. The zero-order valence-corrected chi connectivity index (χ0v) is 25.0. The first-order valence-electron chi connectivity index (χ1n) is 13.1. The molecule has 39 heavy (non-hydrogen) atoms. The lowest BCUT2D eigenvalue weighted by molar-refractivity contribution is -0.137. The van der Waals surface area contributed by atoms with E-state index in [-0.39, 0.29) is 23.0 Å². The van der Waals surface area contributed by atoms with Crippen molar-refractivity contribution < 1.29 is 28.9 Å². The third-order valence-corrected chi connectivity index (χ3v) is 5.79. The van der Waals surface area contributed by atoms with Gasteiger partial charge in [-0.05, 0) is 48.2 Å². The monoisotopic (exact) mass is 601 g/mol. The number of carbonyl (C=O) groups is 2. The number of fused-ring (bicyclic) bond motifs is 1. The molecule has 0 atom stereocenters. The van der Waals surface area contributed by atoms with Gasteiger partial charge in [0, 0.05) is 24.4 Å². The van der Waals surface area contributed by atoms with Gasteiger partial charge in [-0.1, -0.05) is 69.9 Å². The number of halogens is 1. The van der Waals surface area contributed by atoms with Crippen LogP contribution < -0.4 is 14.2 Å². The largest absolute Gasteiger partial charge is 0.493 e. The van der Waals surface area contributed by atoms with Gasteiger partial charge in [0.1, 0.15) is 0 Å². The van der Waals surface area contributed by atoms with E-state index in [9.17, 15) is 9.59 Å². The Morgan fingerprint density at radius 2 is 1.54 bits per heavy atom. The highest BCUT2D eigenvalue weighted by Gasteiger charge is 2.17. The number of carbonyl (C=O) groups excluding carboxylic acids is 1. The van der Waals surface area contributed by atoms with Crippen LogP contribution in [0, 0.1) is 0 Å². The van der Waals surface area contributed by atoms with E-state index in [1.807, 2.05) is 61.5 Å². The van der Waals surface area contributed by atoms with Crippen molar-refractivity contribution in [3.8, 4) is 17.2 Å². The molecule has 1 N–H and O–H groups in total. The molecular weight excluding hydrogens is 562 g/mol. The number of unbranched alkanes of at least 4 members (excludes halogenated alkanes) is 4. The van der Waals surface area contributed by atoms with Crippen LogP contribution in [0.5, 0.6) is 17.2 Å². The molecule has 0 bridgehead atoms. The summed E-state index contributed by atoms with van der Waals surface area (Å²) in [5, 5.41) is 8.99. The topological polar surface area (TPSA) is 95.0 Å². The van der Waals surface area contributed by atoms with E-state index in [4.69, 9.17) is 19.3 Å². The molecule has 7 nitrogen and oxygen atoms in total. The lowest BCUT2D eigenvalue weighted by atomic mass is 10.1. The molecule has 0 amide bonds. The summed E-state index contributed by atoms with van der Waals surface area (Å²) in [5.41, 5.74) is 2.88. The molecule has 0 saturated heterocycles. The highest BCUT2D eigenvalue weighted by Crippen LogP contribution is 2.39. The van der Waals surface area contributed by atoms with Crippen LogP contribution in [0.25, 0.3) is 23.1 Å². The minimum absolute atomic E-state index is 0. The molecule has 1 aromatic heterocycles. The lowest BCUT2D eigenvalue weighted by Crippen LogP contribution is -2.09. The number of aliphatic carboxylic acids is 1. The number of carboxylic acids is 1. The number of nitrogens with zero attached hydrogens (tertiary/aromatic N) is 1. The number of methoxy groups -OCH3 is 2. The number of pyridine rings is 1. The van der Waals surface area contributed by atoms with Gasteiger partial charge in [0.15, 0.2) is 11.5 Å². The Morgan fingerprint density at radius 1 is 0.872 bits per heavy atom. The number of esters is 1. The van der Waals surface area contributed by atoms with Gasteiger partial charge >= 0.3 is 11.9 Å². The fourth-order valence-electron chi connectivity index (χ4n) is 3.80. The van der Waals surface area contributed by atoms with Crippen LogP contribution in [-0.2, 0) is 9.59 Å². The van der Waals surface area contributed by atoms with Crippen molar-refractivity contribution in [2.24, 2.45) is 0 Å². The van der Waals surface area contributed by atoms with Crippen molar-refractivity contribution in [3.63, 3.8) is 0 Å². The highest BCUT2D eigenvalue weighted by molar-refractivity contribution is 8.93. The number of benzene rings is 2. The van der Waals surface area contributed by atoms with E-state index in [0.29, 0.717) is 30.1 Å². The second-order valence-electron chi connectivity index (χ2n) is 8.79. The first-order chi connectivity index (χ1) is 18.4. The van der Waals surface area contributed by atoms with Crippen molar-refractivity contribution in [2.75, 3.05) is 14.2 Å². The Bertz CT molecular complexity index is 1180. The van der Waals surface area contributed by atoms with E-state index in [1.54, 1.807) is 20.4 Å². The molecule has 1 heterocycles. The first kappa shape index (κ1) is 33.6. The van der Waals surface area contributed by atoms with Crippen molar-refractivity contribution >= 4 is 52.0 Å². The minimum atomic E-state index is -0.711. The summed E-state index contributed by atoms with van der Waals surface area (Å²) in [7, 11) is 3.11. The fourth-order valence-corrected chi connectivity index (χ4v) is 3.80. The Morgan fingerprint density at radius 3 is 2.13 bits per heavy atom. The quantitative estimate of drug-likeness (QED) is 0.120. The first-order valence-corrected chi connectivity index (χ1v) is 13.1. The van der Waals surface area contributed by atoms with E-state index in [1.165, 1.54) is 12.8 Å². The van der Waals surface area contributed by atoms with Crippen LogP contribution in [0.3, 0.4) is 0 Å². The van der Waals surface area contributed by atoms with Crippen LogP contribution in [0.1, 0.15) is 76.3 Å². The third-order valence-electron chi connectivity index (χ3n) is 5.79. The summed E-state index contributed by atoms with van der Waals surface area (Å²) in [6.45, 7) is 4.01. The predicted molar refractivity (Wildman–Crippen MR) is 162 cm³/mol. The smallest absolute Gasteiger partial charge is 0.311 e. The molecular formula is C31H40BrNO6. The summed E-state index contributed by atoms with van der Waals surface area (Å²) in [5.74, 6) is 0.257. The van der Waals surface area contributed by atoms with E-state index in [2.05, 4.69) is 11.9 Å². The maximum absolute atomic E-state index is 12.3. The van der Waals surface area contributed by atoms with Gasteiger partial charge in [-0.25, -0.2) is 0 Å². The molecule has 0 aliphatic heterocycles. The Labute approximate surface area is 242 Å². The fraction of sp³-hybridized carbons (Fsp3) is 0.387. The van der Waals surface area contributed by atoms with Gasteiger partial charge in [0.2, 0.25) is 5.75 Å². The Hall–Kier alpha value is -3.39. The predicted octanol–water partition coefficient (Wildman–Crippen LogP) is 8.14. The molecule has 0 fully saturated rings. The minimum Gasteiger partial charge on any atom is -0.493 e. The van der Waals surface area contributed by atoms with E-state index < -0.39 is 5.97 Å². The second-order valence-corrected chi connectivity index (χ2v) is 8.79. The highest BCUT2D eigenvalue weighted by atomic mass is 79.9. The number of rotatable bonds is 13. The number of ether oxygens (including phenoxy) is 3. The number of hydrogen-bond donors (Lipinski definition) is 1. The number of carboxylic acid groups (broad SMARTS) is 1. The summed E-state index contributed by atoms with van der Waals surface area (Å²) in [6, 6.07) is 13.7. The van der Waals surface area contributed by atoms with Gasteiger partial charge < -0.3 is 19.3 Å². The van der Waals surface area contributed by atoms with Crippen molar-refractivity contribution in [1.82, 2.24) is 4.98 Å². The van der Waals surface area contributed by atoms with E-state index >= 15 is 0 Å². The van der Waals surface area contributed by atoms with E-state index in [0.717, 1.165) is 47.7 Å². The van der Waals surface area contributed by atoms with Crippen LogP contribution in [0.2, 0.25) is 0 Å². The summed E-state index contributed by atoms with van der Waals surface area (Å²) in [4.78, 5) is 26.4. The van der Waals surface area contributed by atoms with Crippen LogP contribution in [-0.4, -0.2) is 36.2 Å². The van der Waals surface area contributed by atoms with Crippen molar-refractivity contribution in [2.45, 2.75) is 65.2 Å². The number of para-hydroxylation sites is 1. The third kappa shape index (κ3) is 11.5. The molecule has 0 aliphatic carbocycles. The van der Waals surface area contributed by atoms with Crippen LogP contribution in [0.15, 0.2) is 48.7 Å². The zero-order chi connectivity index (χ0) is 27.8. The van der Waals surface area contributed by atoms with Gasteiger partial charge in [-0.2, -0.15) is 0 Å². The average molecular weight is 603 g/mol. The molecule has 3 rings (SSSR count). The number of aromatic nitrogens is 1.